The number of morpholine rings is 1. The van der Waals surface area contributed by atoms with Gasteiger partial charge >= 0.3 is 5.97 Å². The van der Waals surface area contributed by atoms with Crippen molar-refractivity contribution in [1.82, 2.24) is 24.5 Å². The maximum Gasteiger partial charge on any atom is 0.327 e. The number of methoxy groups -OCH3 is 1. The Morgan fingerprint density at radius 2 is 2.12 bits per heavy atom. The lowest BCUT2D eigenvalue weighted by molar-refractivity contribution is -0.141. The third-order valence-corrected chi connectivity index (χ3v) is 6.05. The molecule has 2 fully saturated rings. The number of pyridine rings is 1. The van der Waals surface area contributed by atoms with Crippen LogP contribution in [-0.4, -0.2) is 70.0 Å². The van der Waals surface area contributed by atoms with Gasteiger partial charge in [0.25, 0.3) is 0 Å². The summed E-state index contributed by atoms with van der Waals surface area (Å²) in [5.41, 5.74) is 2.81. The van der Waals surface area contributed by atoms with Gasteiger partial charge in [-0.2, -0.15) is 10.2 Å². The number of fused-ring (bicyclic) bond motifs is 1. The molecular weight excluding hydrogens is 412 g/mol. The Balaban J connectivity index is 1.56. The highest BCUT2D eigenvalue weighted by molar-refractivity contribution is 5.90. The first-order chi connectivity index (χ1) is 15.6. The second-order valence-corrected chi connectivity index (χ2v) is 8.24. The molecule has 3 aromatic heterocycles. The lowest BCUT2D eigenvalue weighted by Crippen LogP contribution is -2.44. The Morgan fingerprint density at radius 1 is 1.22 bits per heavy atom. The summed E-state index contributed by atoms with van der Waals surface area (Å²) in [4.78, 5) is 19.2. The van der Waals surface area contributed by atoms with Gasteiger partial charge in [0.1, 0.15) is 35.5 Å². The van der Waals surface area contributed by atoms with E-state index in [1.807, 2.05) is 29.1 Å². The van der Waals surface area contributed by atoms with Gasteiger partial charge in [0.05, 0.1) is 31.9 Å². The van der Waals surface area contributed by atoms with Crippen molar-refractivity contribution in [3.05, 3.63) is 24.4 Å². The van der Waals surface area contributed by atoms with Gasteiger partial charge in [-0.3, -0.25) is 9.48 Å². The summed E-state index contributed by atoms with van der Waals surface area (Å²) < 4.78 is 19.8. The molecule has 32 heavy (non-hydrogen) atoms. The van der Waals surface area contributed by atoms with Crippen LogP contribution in [0.4, 0.5) is 5.82 Å². The molecule has 0 aliphatic carbocycles. The van der Waals surface area contributed by atoms with E-state index in [0.717, 1.165) is 43.7 Å². The zero-order valence-electron chi connectivity index (χ0n) is 18.4. The molecule has 0 bridgehead atoms. The molecule has 2 saturated heterocycles. The van der Waals surface area contributed by atoms with Crippen LogP contribution in [0.15, 0.2) is 24.4 Å². The number of rotatable bonds is 5. The predicted molar refractivity (Wildman–Crippen MR) is 117 cm³/mol. The molecule has 5 rings (SSSR count). The second-order valence-electron chi connectivity index (χ2n) is 8.24. The zero-order chi connectivity index (χ0) is 22.1. The fourth-order valence-corrected chi connectivity index (χ4v) is 4.31. The van der Waals surface area contributed by atoms with Crippen LogP contribution in [0.25, 0.3) is 22.4 Å². The molecule has 0 saturated carbocycles. The molecule has 1 unspecified atom stereocenters. The minimum Gasteiger partial charge on any atom is -0.468 e. The number of carbonyl (C=O) groups excluding carboxylic acids is 1. The molecule has 2 aliphatic rings. The van der Waals surface area contributed by atoms with Crippen LogP contribution in [-0.2, 0) is 25.5 Å². The summed E-state index contributed by atoms with van der Waals surface area (Å²) in [6.45, 7) is 5.00. The van der Waals surface area contributed by atoms with E-state index in [-0.39, 0.29) is 24.8 Å². The summed E-state index contributed by atoms with van der Waals surface area (Å²) in [5, 5.41) is 9.45. The van der Waals surface area contributed by atoms with Crippen molar-refractivity contribution in [3.8, 4) is 11.4 Å². The lowest BCUT2D eigenvalue weighted by atomic mass is 10.2. The standard InChI is InChI=1S/C22H28N6O4/c1-15-14-31-12-10-26(15)18-7-6-17-22(23-18)21(25-28(17)13-20(29)30-2)16-8-9-27(24-16)19-5-3-4-11-32-19/h6-9,15,19H,3-5,10-14H2,1-2H3/t15-,19?/m1/s1. The monoisotopic (exact) mass is 440 g/mol. The van der Waals surface area contributed by atoms with Crippen LogP contribution in [0.2, 0.25) is 0 Å². The van der Waals surface area contributed by atoms with E-state index in [2.05, 4.69) is 11.8 Å². The average Bonchev–Trinajstić information content (AvgIpc) is 3.45. The number of anilines is 1. The molecule has 10 nitrogen and oxygen atoms in total. The molecule has 5 heterocycles. The van der Waals surface area contributed by atoms with Gasteiger partial charge in [-0.05, 0) is 44.4 Å². The highest BCUT2D eigenvalue weighted by atomic mass is 16.5. The average molecular weight is 441 g/mol. The number of aromatic nitrogens is 5. The van der Waals surface area contributed by atoms with Crippen molar-refractivity contribution >= 4 is 22.8 Å². The van der Waals surface area contributed by atoms with Crippen molar-refractivity contribution in [2.75, 3.05) is 38.4 Å². The Morgan fingerprint density at radius 3 is 2.91 bits per heavy atom. The molecular formula is C22H28N6O4. The quantitative estimate of drug-likeness (QED) is 0.558. The van der Waals surface area contributed by atoms with E-state index in [9.17, 15) is 4.79 Å². The third kappa shape index (κ3) is 3.95. The van der Waals surface area contributed by atoms with Crippen LogP contribution in [0, 0.1) is 0 Å². The first kappa shape index (κ1) is 20.9. The molecule has 0 N–H and O–H groups in total. The van der Waals surface area contributed by atoms with E-state index >= 15 is 0 Å². The molecule has 2 atom stereocenters. The van der Waals surface area contributed by atoms with Gasteiger partial charge in [-0.1, -0.05) is 0 Å². The van der Waals surface area contributed by atoms with Gasteiger partial charge in [0.2, 0.25) is 0 Å². The first-order valence-corrected chi connectivity index (χ1v) is 11.1. The van der Waals surface area contributed by atoms with E-state index in [4.69, 9.17) is 29.4 Å². The van der Waals surface area contributed by atoms with Crippen LogP contribution in [0.1, 0.15) is 32.4 Å². The maximum absolute atomic E-state index is 12.0. The number of ether oxygens (including phenoxy) is 3. The Bertz CT molecular complexity index is 1100. The predicted octanol–water partition coefficient (Wildman–Crippen LogP) is 2.39. The minimum atomic E-state index is -0.368. The van der Waals surface area contributed by atoms with E-state index in [0.29, 0.717) is 30.1 Å². The van der Waals surface area contributed by atoms with E-state index < -0.39 is 0 Å². The Labute approximate surface area is 186 Å². The number of nitrogens with zero attached hydrogens (tertiary/aromatic N) is 6. The second kappa shape index (κ2) is 8.87. The summed E-state index contributed by atoms with van der Waals surface area (Å²) in [6.07, 6.45) is 5.01. The van der Waals surface area contributed by atoms with Crippen molar-refractivity contribution in [3.63, 3.8) is 0 Å². The van der Waals surface area contributed by atoms with Gasteiger partial charge in [0, 0.05) is 19.3 Å². The molecule has 0 spiro atoms. The summed E-state index contributed by atoms with van der Waals surface area (Å²) in [5.74, 6) is 0.496. The molecule has 0 radical (unpaired) electrons. The smallest absolute Gasteiger partial charge is 0.327 e. The maximum atomic E-state index is 12.0. The first-order valence-electron chi connectivity index (χ1n) is 11.1. The van der Waals surface area contributed by atoms with Crippen molar-refractivity contribution < 1.29 is 19.0 Å². The largest absolute Gasteiger partial charge is 0.468 e. The van der Waals surface area contributed by atoms with Gasteiger partial charge in [-0.25, -0.2) is 9.67 Å². The minimum absolute atomic E-state index is 0.00836. The molecule has 170 valence electrons. The van der Waals surface area contributed by atoms with E-state index in [1.54, 1.807) is 4.68 Å². The molecule has 0 amide bonds. The summed E-state index contributed by atoms with van der Waals surface area (Å²) in [6, 6.07) is 6.08. The Kier molecular flexibility index (Phi) is 5.79. The fraction of sp³-hybridized carbons (Fsp3) is 0.545. The van der Waals surface area contributed by atoms with Crippen molar-refractivity contribution in [2.24, 2.45) is 0 Å². The lowest BCUT2D eigenvalue weighted by Gasteiger charge is -2.34. The summed E-state index contributed by atoms with van der Waals surface area (Å²) >= 11 is 0. The number of esters is 1. The van der Waals surface area contributed by atoms with Crippen LogP contribution in [0.3, 0.4) is 0 Å². The zero-order valence-corrected chi connectivity index (χ0v) is 18.4. The topological polar surface area (TPSA) is 96.5 Å². The third-order valence-electron chi connectivity index (χ3n) is 6.05. The fourth-order valence-electron chi connectivity index (χ4n) is 4.31. The molecule has 3 aromatic rings. The molecule has 10 heteroatoms. The molecule has 2 aliphatic heterocycles. The van der Waals surface area contributed by atoms with Crippen molar-refractivity contribution in [2.45, 2.75) is 45.0 Å². The van der Waals surface area contributed by atoms with Crippen LogP contribution < -0.4 is 4.90 Å². The Hall–Kier alpha value is -2.98. The van der Waals surface area contributed by atoms with Gasteiger partial charge < -0.3 is 19.1 Å². The number of hydrogen-bond donors (Lipinski definition) is 0. The summed E-state index contributed by atoms with van der Waals surface area (Å²) in [7, 11) is 1.37. The van der Waals surface area contributed by atoms with Crippen molar-refractivity contribution in [1.29, 1.82) is 0 Å². The van der Waals surface area contributed by atoms with E-state index in [1.165, 1.54) is 7.11 Å². The van der Waals surface area contributed by atoms with Crippen LogP contribution in [0.5, 0.6) is 0 Å². The van der Waals surface area contributed by atoms with Crippen LogP contribution >= 0.6 is 0 Å². The number of carbonyl (C=O) groups is 1. The highest BCUT2D eigenvalue weighted by Crippen LogP contribution is 2.30. The molecule has 0 aromatic carbocycles. The van der Waals surface area contributed by atoms with Gasteiger partial charge in [0.15, 0.2) is 0 Å². The normalized spacial score (nSPS) is 21.8. The van der Waals surface area contributed by atoms with Gasteiger partial charge in [-0.15, -0.1) is 0 Å². The SMILES string of the molecule is COC(=O)Cn1nc(-c2ccn(C3CCCCO3)n2)c2nc(N3CCOC[C@H]3C)ccc21. The number of hydrogen-bond acceptors (Lipinski definition) is 8. The highest BCUT2D eigenvalue weighted by Gasteiger charge is 2.24.